The Hall–Kier alpha value is -2.23. The molecule has 2 aromatic rings. The maximum Gasteiger partial charge on any atom is 0.323 e. The first-order valence-corrected chi connectivity index (χ1v) is 8.89. The first-order chi connectivity index (χ1) is 12.4. The number of nitrogens with one attached hydrogen (secondary N) is 1. The van der Waals surface area contributed by atoms with E-state index >= 15 is 0 Å². The quantitative estimate of drug-likeness (QED) is 0.709. The summed E-state index contributed by atoms with van der Waals surface area (Å²) >= 11 is 1.27. The van der Waals surface area contributed by atoms with Gasteiger partial charge in [-0.25, -0.2) is 4.79 Å². The van der Waals surface area contributed by atoms with Crippen LogP contribution < -0.4 is 10.1 Å². The SMILES string of the molecule is COC(CN(C)C(=O)Nc1nnc(C(C)Oc2ccccc2C)s1)OC. The van der Waals surface area contributed by atoms with Gasteiger partial charge in [0.1, 0.15) is 11.9 Å². The van der Waals surface area contributed by atoms with Gasteiger partial charge >= 0.3 is 6.03 Å². The Morgan fingerprint density at radius 2 is 1.96 bits per heavy atom. The Labute approximate surface area is 157 Å². The van der Waals surface area contributed by atoms with E-state index in [1.165, 1.54) is 30.5 Å². The molecule has 0 spiro atoms. The van der Waals surface area contributed by atoms with Gasteiger partial charge in [-0.3, -0.25) is 5.32 Å². The van der Waals surface area contributed by atoms with E-state index < -0.39 is 6.29 Å². The Bertz CT molecular complexity index is 720. The van der Waals surface area contributed by atoms with Crippen LogP contribution in [0.25, 0.3) is 0 Å². The molecule has 1 heterocycles. The van der Waals surface area contributed by atoms with Crippen molar-refractivity contribution in [2.24, 2.45) is 0 Å². The molecule has 0 saturated heterocycles. The van der Waals surface area contributed by atoms with Gasteiger partial charge in [0.25, 0.3) is 0 Å². The molecule has 0 saturated carbocycles. The highest BCUT2D eigenvalue weighted by Gasteiger charge is 2.19. The fourth-order valence-corrected chi connectivity index (χ4v) is 2.83. The molecule has 0 aliphatic rings. The summed E-state index contributed by atoms with van der Waals surface area (Å²) in [6.07, 6.45) is -0.762. The van der Waals surface area contributed by atoms with Crippen molar-refractivity contribution in [3.05, 3.63) is 34.8 Å². The summed E-state index contributed by atoms with van der Waals surface area (Å²) in [6.45, 7) is 4.17. The largest absolute Gasteiger partial charge is 0.483 e. The third-order valence-electron chi connectivity index (χ3n) is 3.70. The number of amides is 2. The summed E-state index contributed by atoms with van der Waals surface area (Å²) in [5, 5.41) is 11.9. The Morgan fingerprint density at radius 1 is 1.27 bits per heavy atom. The normalized spacial score (nSPS) is 12.1. The maximum atomic E-state index is 12.2. The topological polar surface area (TPSA) is 85.8 Å². The molecule has 1 atom stereocenters. The minimum Gasteiger partial charge on any atom is -0.483 e. The fourth-order valence-electron chi connectivity index (χ4n) is 2.12. The predicted molar refractivity (Wildman–Crippen MR) is 99.6 cm³/mol. The molecule has 26 heavy (non-hydrogen) atoms. The van der Waals surface area contributed by atoms with Crippen molar-refractivity contribution in [2.75, 3.05) is 33.1 Å². The third kappa shape index (κ3) is 5.38. The molecule has 1 aromatic heterocycles. The average molecular weight is 380 g/mol. The van der Waals surface area contributed by atoms with Crippen LogP contribution in [0.3, 0.4) is 0 Å². The second-order valence-electron chi connectivity index (χ2n) is 5.68. The van der Waals surface area contributed by atoms with E-state index in [1.807, 2.05) is 38.1 Å². The molecular weight excluding hydrogens is 356 g/mol. The van der Waals surface area contributed by atoms with Gasteiger partial charge < -0.3 is 19.1 Å². The zero-order valence-corrected chi connectivity index (χ0v) is 16.4. The van der Waals surface area contributed by atoms with Crippen LogP contribution in [0.1, 0.15) is 23.6 Å². The summed E-state index contributed by atoms with van der Waals surface area (Å²) < 4.78 is 16.1. The standard InChI is InChI=1S/C17H24N4O4S/c1-11-8-6-7-9-13(11)25-12(2)15-19-20-16(26-15)18-17(22)21(3)10-14(23-4)24-5/h6-9,12,14H,10H2,1-5H3,(H,18,20,22). The molecule has 1 aromatic carbocycles. The van der Waals surface area contributed by atoms with Crippen molar-refractivity contribution in [3.8, 4) is 5.75 Å². The molecule has 9 heteroatoms. The number of anilines is 1. The lowest BCUT2D eigenvalue weighted by Gasteiger charge is -2.21. The van der Waals surface area contributed by atoms with Crippen LogP contribution in [-0.4, -0.2) is 55.2 Å². The lowest BCUT2D eigenvalue weighted by atomic mass is 10.2. The van der Waals surface area contributed by atoms with Crippen molar-refractivity contribution in [3.63, 3.8) is 0 Å². The Kier molecular flexibility index (Phi) is 7.31. The molecule has 0 aliphatic heterocycles. The highest BCUT2D eigenvalue weighted by molar-refractivity contribution is 7.15. The number of rotatable bonds is 8. The number of aryl methyl sites for hydroxylation is 1. The fraction of sp³-hybridized carbons (Fsp3) is 0.471. The number of hydrogen-bond donors (Lipinski definition) is 1. The number of hydrogen-bond acceptors (Lipinski definition) is 7. The lowest BCUT2D eigenvalue weighted by molar-refractivity contribution is -0.108. The Morgan fingerprint density at radius 3 is 2.62 bits per heavy atom. The number of carbonyl (C=O) groups is 1. The zero-order valence-electron chi connectivity index (χ0n) is 15.6. The second kappa shape index (κ2) is 9.46. The summed E-state index contributed by atoms with van der Waals surface area (Å²) in [5.41, 5.74) is 1.05. The summed E-state index contributed by atoms with van der Waals surface area (Å²) in [5.74, 6) is 0.797. The van der Waals surface area contributed by atoms with Crippen molar-refractivity contribution < 1.29 is 19.0 Å². The van der Waals surface area contributed by atoms with Crippen LogP contribution in [0, 0.1) is 6.92 Å². The Balaban J connectivity index is 1.94. The number of aromatic nitrogens is 2. The van der Waals surface area contributed by atoms with E-state index in [-0.39, 0.29) is 18.7 Å². The smallest absolute Gasteiger partial charge is 0.323 e. The van der Waals surface area contributed by atoms with E-state index in [9.17, 15) is 4.79 Å². The van der Waals surface area contributed by atoms with Gasteiger partial charge in [0.15, 0.2) is 11.3 Å². The number of urea groups is 1. The predicted octanol–water partition coefficient (Wildman–Crippen LogP) is 3.07. The average Bonchev–Trinajstić information content (AvgIpc) is 3.10. The highest BCUT2D eigenvalue weighted by Crippen LogP contribution is 2.28. The van der Waals surface area contributed by atoms with Crippen LogP contribution in [0.5, 0.6) is 5.75 Å². The van der Waals surface area contributed by atoms with E-state index in [1.54, 1.807) is 7.05 Å². The summed E-state index contributed by atoms with van der Waals surface area (Å²) in [4.78, 5) is 13.7. The molecule has 2 rings (SSSR count). The van der Waals surface area contributed by atoms with E-state index in [0.29, 0.717) is 10.1 Å². The summed E-state index contributed by atoms with van der Waals surface area (Å²) in [7, 11) is 4.69. The second-order valence-corrected chi connectivity index (χ2v) is 6.69. The molecule has 0 bridgehead atoms. The number of ether oxygens (including phenoxy) is 3. The minimum atomic E-state index is -0.488. The monoisotopic (exact) mass is 380 g/mol. The van der Waals surface area contributed by atoms with Crippen LogP contribution in [0.2, 0.25) is 0 Å². The van der Waals surface area contributed by atoms with Gasteiger partial charge in [-0.1, -0.05) is 29.5 Å². The van der Waals surface area contributed by atoms with Crippen LogP contribution in [0.15, 0.2) is 24.3 Å². The third-order valence-corrected chi connectivity index (χ3v) is 4.69. The molecule has 8 nitrogen and oxygen atoms in total. The van der Waals surface area contributed by atoms with Crippen molar-refractivity contribution in [1.82, 2.24) is 15.1 Å². The molecule has 0 aliphatic carbocycles. The van der Waals surface area contributed by atoms with E-state index in [0.717, 1.165) is 11.3 Å². The number of methoxy groups -OCH3 is 2. The van der Waals surface area contributed by atoms with Gasteiger partial charge in [-0.15, -0.1) is 10.2 Å². The molecular formula is C17H24N4O4S. The zero-order chi connectivity index (χ0) is 19.1. The van der Waals surface area contributed by atoms with Crippen molar-refractivity contribution >= 4 is 22.5 Å². The van der Waals surface area contributed by atoms with Crippen molar-refractivity contribution in [2.45, 2.75) is 26.2 Å². The lowest BCUT2D eigenvalue weighted by Crippen LogP contribution is -2.38. The molecule has 142 valence electrons. The minimum absolute atomic E-state index is 0.275. The van der Waals surface area contributed by atoms with Gasteiger partial charge in [-0.2, -0.15) is 0 Å². The molecule has 2 amide bonds. The van der Waals surface area contributed by atoms with Crippen LogP contribution in [0.4, 0.5) is 9.93 Å². The van der Waals surface area contributed by atoms with Gasteiger partial charge in [-0.05, 0) is 25.5 Å². The molecule has 0 radical (unpaired) electrons. The first-order valence-electron chi connectivity index (χ1n) is 8.08. The molecule has 1 unspecified atom stereocenters. The van der Waals surface area contributed by atoms with E-state index in [2.05, 4.69) is 15.5 Å². The summed E-state index contributed by atoms with van der Waals surface area (Å²) in [6, 6.07) is 7.45. The van der Waals surface area contributed by atoms with Gasteiger partial charge in [0.05, 0.1) is 6.54 Å². The number of carbonyl (C=O) groups excluding carboxylic acids is 1. The first kappa shape index (κ1) is 20.1. The molecule has 1 N–H and O–H groups in total. The number of nitrogens with zero attached hydrogens (tertiary/aromatic N) is 3. The number of para-hydroxylation sites is 1. The number of likely N-dealkylation sites (N-methyl/N-ethyl adjacent to an activating group) is 1. The van der Waals surface area contributed by atoms with Crippen LogP contribution >= 0.6 is 11.3 Å². The molecule has 0 fully saturated rings. The van der Waals surface area contributed by atoms with Gasteiger partial charge in [0, 0.05) is 21.3 Å². The van der Waals surface area contributed by atoms with E-state index in [4.69, 9.17) is 14.2 Å². The van der Waals surface area contributed by atoms with Crippen LogP contribution in [-0.2, 0) is 9.47 Å². The number of benzene rings is 1. The van der Waals surface area contributed by atoms with Gasteiger partial charge in [0.2, 0.25) is 5.13 Å². The maximum absolute atomic E-state index is 12.2. The highest BCUT2D eigenvalue weighted by atomic mass is 32.1. The van der Waals surface area contributed by atoms with Crippen molar-refractivity contribution in [1.29, 1.82) is 0 Å².